The summed E-state index contributed by atoms with van der Waals surface area (Å²) in [5.74, 6) is 0.781. The molecule has 0 aliphatic rings. The number of aryl methyl sites for hydroxylation is 1. The fourth-order valence-corrected chi connectivity index (χ4v) is 1.20. The third kappa shape index (κ3) is 3.42. The van der Waals surface area contributed by atoms with Crippen molar-refractivity contribution in [3.8, 4) is 0 Å². The van der Waals surface area contributed by atoms with Gasteiger partial charge in [-0.1, -0.05) is 6.42 Å². The van der Waals surface area contributed by atoms with Crippen molar-refractivity contribution in [2.75, 3.05) is 5.88 Å². The number of aromatic nitrogens is 2. The summed E-state index contributed by atoms with van der Waals surface area (Å²) >= 11 is 5.54. The number of rotatable bonds is 5. The van der Waals surface area contributed by atoms with Gasteiger partial charge in [0.15, 0.2) is 0 Å². The average molecular weight is 173 g/mol. The lowest BCUT2D eigenvalue weighted by Crippen LogP contribution is -1.85. The van der Waals surface area contributed by atoms with E-state index in [0.717, 1.165) is 18.7 Å². The van der Waals surface area contributed by atoms with E-state index < -0.39 is 0 Å². The third-order valence-corrected chi connectivity index (χ3v) is 1.90. The molecular weight excluding hydrogens is 160 g/mol. The molecule has 0 aliphatic heterocycles. The zero-order chi connectivity index (χ0) is 7.94. The normalized spacial score (nSPS) is 10.3. The highest BCUT2D eigenvalue weighted by molar-refractivity contribution is 6.17. The minimum Gasteiger partial charge on any atom is -0.348 e. The van der Waals surface area contributed by atoms with Crippen molar-refractivity contribution in [3.05, 3.63) is 18.2 Å². The number of hydrogen-bond acceptors (Lipinski definition) is 1. The van der Waals surface area contributed by atoms with Crippen LogP contribution in [-0.2, 0) is 6.42 Å². The number of H-pyrrole nitrogens is 1. The minimum atomic E-state index is 0.781. The Bertz CT molecular complexity index is 172. The summed E-state index contributed by atoms with van der Waals surface area (Å²) in [6, 6.07) is 0. The maximum Gasteiger partial charge on any atom is 0.0921 e. The van der Waals surface area contributed by atoms with E-state index in [2.05, 4.69) is 9.97 Å². The Morgan fingerprint density at radius 1 is 1.36 bits per heavy atom. The Morgan fingerprint density at radius 2 is 2.27 bits per heavy atom. The van der Waals surface area contributed by atoms with Crippen LogP contribution in [0, 0.1) is 0 Å². The van der Waals surface area contributed by atoms with Gasteiger partial charge in [0.2, 0.25) is 0 Å². The number of nitrogens with one attached hydrogen (secondary N) is 1. The van der Waals surface area contributed by atoms with Crippen LogP contribution in [0.3, 0.4) is 0 Å². The molecule has 0 saturated carbocycles. The third-order valence-electron chi connectivity index (χ3n) is 1.63. The molecule has 0 spiro atoms. The first-order chi connectivity index (χ1) is 5.43. The summed E-state index contributed by atoms with van der Waals surface area (Å²) in [7, 11) is 0. The highest BCUT2D eigenvalue weighted by atomic mass is 35.5. The molecule has 3 heteroatoms. The molecule has 1 N–H and O–H groups in total. The lowest BCUT2D eigenvalue weighted by Gasteiger charge is -1.95. The van der Waals surface area contributed by atoms with E-state index in [1.807, 2.05) is 6.20 Å². The van der Waals surface area contributed by atoms with Crippen molar-refractivity contribution in [2.45, 2.75) is 25.7 Å². The number of alkyl halides is 1. The smallest absolute Gasteiger partial charge is 0.0921 e. The van der Waals surface area contributed by atoms with Gasteiger partial charge in [0.1, 0.15) is 0 Å². The van der Waals surface area contributed by atoms with Crippen molar-refractivity contribution < 1.29 is 0 Å². The maximum absolute atomic E-state index is 5.54. The van der Waals surface area contributed by atoms with Gasteiger partial charge in [-0.25, -0.2) is 4.98 Å². The molecule has 1 aromatic rings. The molecule has 0 aromatic carbocycles. The molecule has 11 heavy (non-hydrogen) atoms. The van der Waals surface area contributed by atoms with E-state index in [1.54, 1.807) is 6.33 Å². The van der Waals surface area contributed by atoms with Gasteiger partial charge < -0.3 is 4.98 Å². The standard InChI is InChI=1S/C8H13ClN2/c9-5-3-1-2-4-8-6-10-7-11-8/h6-7H,1-5H2,(H,10,11). The van der Waals surface area contributed by atoms with Crippen LogP contribution >= 0.6 is 11.6 Å². The molecular formula is C8H13ClN2. The predicted octanol–water partition coefficient (Wildman–Crippen LogP) is 2.36. The Kier molecular flexibility index (Phi) is 4.06. The molecule has 1 rings (SSSR count). The van der Waals surface area contributed by atoms with Gasteiger partial charge in [-0.3, -0.25) is 0 Å². The number of imidazole rings is 1. The summed E-state index contributed by atoms with van der Waals surface area (Å²) in [5, 5.41) is 0. The first kappa shape index (κ1) is 8.60. The van der Waals surface area contributed by atoms with Crippen LogP contribution in [0.2, 0.25) is 0 Å². The van der Waals surface area contributed by atoms with Gasteiger partial charge in [-0.15, -0.1) is 11.6 Å². The van der Waals surface area contributed by atoms with Gasteiger partial charge >= 0.3 is 0 Å². The average Bonchev–Trinajstić information content (AvgIpc) is 2.50. The molecule has 0 radical (unpaired) electrons. The highest BCUT2D eigenvalue weighted by Crippen LogP contribution is 2.03. The number of unbranched alkanes of at least 4 members (excludes halogenated alkanes) is 2. The van der Waals surface area contributed by atoms with Crippen molar-refractivity contribution in [1.29, 1.82) is 0 Å². The predicted molar refractivity (Wildman–Crippen MR) is 46.9 cm³/mol. The van der Waals surface area contributed by atoms with Crippen molar-refractivity contribution in [3.63, 3.8) is 0 Å². The molecule has 2 nitrogen and oxygen atoms in total. The van der Waals surface area contributed by atoms with E-state index in [0.29, 0.717) is 0 Å². The lowest BCUT2D eigenvalue weighted by atomic mass is 10.2. The van der Waals surface area contributed by atoms with E-state index >= 15 is 0 Å². The second-order valence-electron chi connectivity index (χ2n) is 2.58. The monoisotopic (exact) mass is 172 g/mol. The zero-order valence-corrected chi connectivity index (χ0v) is 7.27. The van der Waals surface area contributed by atoms with Crippen LogP contribution in [0.4, 0.5) is 0 Å². The number of nitrogens with zero attached hydrogens (tertiary/aromatic N) is 1. The van der Waals surface area contributed by atoms with E-state index in [4.69, 9.17) is 11.6 Å². The summed E-state index contributed by atoms with van der Waals surface area (Å²) in [6.45, 7) is 0. The largest absolute Gasteiger partial charge is 0.348 e. The molecule has 1 heterocycles. The van der Waals surface area contributed by atoms with E-state index in [-0.39, 0.29) is 0 Å². The fraction of sp³-hybridized carbons (Fsp3) is 0.625. The summed E-state index contributed by atoms with van der Waals surface area (Å²) < 4.78 is 0. The molecule has 0 bridgehead atoms. The molecule has 0 unspecified atom stereocenters. The van der Waals surface area contributed by atoms with Crippen molar-refractivity contribution in [1.82, 2.24) is 9.97 Å². The number of hydrogen-bond donors (Lipinski definition) is 1. The van der Waals surface area contributed by atoms with Crippen LogP contribution in [0.25, 0.3) is 0 Å². The second-order valence-corrected chi connectivity index (χ2v) is 2.95. The quantitative estimate of drug-likeness (QED) is 0.536. The van der Waals surface area contributed by atoms with E-state index in [9.17, 15) is 0 Å². The Labute approximate surface area is 72.0 Å². The number of aromatic amines is 1. The van der Waals surface area contributed by atoms with Crippen LogP contribution in [0.5, 0.6) is 0 Å². The Morgan fingerprint density at radius 3 is 2.91 bits per heavy atom. The maximum atomic E-state index is 5.54. The minimum absolute atomic E-state index is 0.781. The molecule has 0 amide bonds. The topological polar surface area (TPSA) is 28.7 Å². The SMILES string of the molecule is ClCCCCCc1cnc[nH]1. The Balaban J connectivity index is 2.04. The van der Waals surface area contributed by atoms with Gasteiger partial charge in [0, 0.05) is 17.8 Å². The molecule has 0 atom stereocenters. The van der Waals surface area contributed by atoms with Crippen molar-refractivity contribution >= 4 is 11.6 Å². The van der Waals surface area contributed by atoms with E-state index in [1.165, 1.54) is 18.5 Å². The second kappa shape index (κ2) is 5.19. The Hall–Kier alpha value is -0.500. The van der Waals surface area contributed by atoms with Crippen LogP contribution in [0.15, 0.2) is 12.5 Å². The van der Waals surface area contributed by atoms with Gasteiger partial charge in [-0.2, -0.15) is 0 Å². The summed E-state index contributed by atoms with van der Waals surface area (Å²) in [5.41, 5.74) is 1.22. The van der Waals surface area contributed by atoms with Crippen LogP contribution < -0.4 is 0 Å². The van der Waals surface area contributed by atoms with Crippen LogP contribution in [0.1, 0.15) is 25.0 Å². The molecule has 1 aromatic heterocycles. The molecule has 0 saturated heterocycles. The van der Waals surface area contributed by atoms with Gasteiger partial charge in [0.25, 0.3) is 0 Å². The summed E-state index contributed by atoms with van der Waals surface area (Å²) in [6.07, 6.45) is 8.22. The first-order valence-electron chi connectivity index (χ1n) is 3.96. The zero-order valence-electron chi connectivity index (χ0n) is 6.52. The van der Waals surface area contributed by atoms with Crippen molar-refractivity contribution in [2.24, 2.45) is 0 Å². The van der Waals surface area contributed by atoms with Gasteiger partial charge in [-0.05, 0) is 19.3 Å². The molecule has 0 aliphatic carbocycles. The molecule has 0 fully saturated rings. The lowest BCUT2D eigenvalue weighted by molar-refractivity contribution is 0.712. The summed E-state index contributed by atoms with van der Waals surface area (Å²) in [4.78, 5) is 7.01. The first-order valence-corrected chi connectivity index (χ1v) is 4.50. The van der Waals surface area contributed by atoms with Crippen LogP contribution in [-0.4, -0.2) is 15.8 Å². The number of halogens is 1. The molecule has 62 valence electrons. The highest BCUT2D eigenvalue weighted by Gasteiger charge is 1.92. The van der Waals surface area contributed by atoms with Gasteiger partial charge in [0.05, 0.1) is 6.33 Å². The fourth-order valence-electron chi connectivity index (χ4n) is 1.01.